The highest BCUT2D eigenvalue weighted by Crippen LogP contribution is 2.51. The Morgan fingerprint density at radius 1 is 1.06 bits per heavy atom. The number of carbonyl (C=O) groups excluding carboxylic acids is 2. The Labute approximate surface area is 99.6 Å². The summed E-state index contributed by atoms with van der Waals surface area (Å²) in [5.41, 5.74) is 0.130. The molecule has 0 heterocycles. The molecule has 0 bridgehead atoms. The molecule has 2 aliphatic rings. The van der Waals surface area contributed by atoms with E-state index in [1.54, 1.807) is 6.08 Å². The van der Waals surface area contributed by atoms with Crippen molar-refractivity contribution in [1.29, 1.82) is 0 Å². The molecule has 0 unspecified atom stereocenters. The zero-order valence-electron chi connectivity index (χ0n) is 10.1. The third-order valence-electron chi connectivity index (χ3n) is 3.32. The quantitative estimate of drug-likeness (QED) is 0.727. The Balaban J connectivity index is 2.60. The van der Waals surface area contributed by atoms with Crippen LogP contribution in [0.1, 0.15) is 13.3 Å². The van der Waals surface area contributed by atoms with Crippen molar-refractivity contribution in [2.75, 3.05) is 14.2 Å². The number of hydrogen-bond donors (Lipinski definition) is 0. The molecule has 0 atom stereocenters. The second-order valence-corrected chi connectivity index (χ2v) is 4.20. The molecule has 17 heavy (non-hydrogen) atoms. The minimum atomic E-state index is -0.714. The standard InChI is InChI=1S/C13H14O4/c1-8-4-10(15)7-13(8)11(16-2)5-9(14)6-12(13)17-3/h4-6H,7H2,1-3H3. The lowest BCUT2D eigenvalue weighted by Gasteiger charge is -2.35. The maximum atomic E-state index is 11.6. The van der Waals surface area contributed by atoms with Gasteiger partial charge in [0.25, 0.3) is 0 Å². The van der Waals surface area contributed by atoms with Crippen LogP contribution in [-0.4, -0.2) is 25.8 Å². The third kappa shape index (κ3) is 1.52. The largest absolute Gasteiger partial charge is 0.500 e. The predicted molar refractivity (Wildman–Crippen MR) is 61.0 cm³/mol. The third-order valence-corrected chi connectivity index (χ3v) is 3.32. The highest BCUT2D eigenvalue weighted by molar-refractivity contribution is 6.03. The molecular formula is C13H14O4. The van der Waals surface area contributed by atoms with Crippen LogP contribution in [0.2, 0.25) is 0 Å². The minimum absolute atomic E-state index is 0.0164. The number of allylic oxidation sites excluding steroid dienone is 3. The summed E-state index contributed by atoms with van der Waals surface area (Å²) >= 11 is 0. The van der Waals surface area contributed by atoms with Gasteiger partial charge >= 0.3 is 0 Å². The minimum Gasteiger partial charge on any atom is -0.500 e. The average Bonchev–Trinajstić information content (AvgIpc) is 2.58. The first kappa shape index (κ1) is 11.6. The summed E-state index contributed by atoms with van der Waals surface area (Å²) in [5.74, 6) is 0.780. The van der Waals surface area contributed by atoms with Gasteiger partial charge in [0.05, 0.1) is 14.2 Å². The van der Waals surface area contributed by atoms with Crippen LogP contribution >= 0.6 is 0 Å². The van der Waals surface area contributed by atoms with Gasteiger partial charge in [-0.2, -0.15) is 0 Å². The van der Waals surface area contributed by atoms with Gasteiger partial charge in [0.2, 0.25) is 0 Å². The fourth-order valence-electron chi connectivity index (χ4n) is 2.51. The van der Waals surface area contributed by atoms with Gasteiger partial charge in [-0.15, -0.1) is 0 Å². The van der Waals surface area contributed by atoms with Crippen molar-refractivity contribution < 1.29 is 19.1 Å². The van der Waals surface area contributed by atoms with Crippen LogP contribution in [0.4, 0.5) is 0 Å². The molecule has 4 nitrogen and oxygen atoms in total. The summed E-state index contributed by atoms with van der Waals surface area (Å²) in [6.45, 7) is 1.85. The van der Waals surface area contributed by atoms with Crippen molar-refractivity contribution >= 4 is 11.6 Å². The van der Waals surface area contributed by atoms with Gasteiger partial charge in [0.15, 0.2) is 11.6 Å². The van der Waals surface area contributed by atoms with E-state index in [2.05, 4.69) is 0 Å². The molecule has 1 spiro atoms. The maximum Gasteiger partial charge on any atom is 0.185 e. The molecule has 0 aromatic heterocycles. The van der Waals surface area contributed by atoms with Gasteiger partial charge in [-0.25, -0.2) is 0 Å². The number of rotatable bonds is 2. The van der Waals surface area contributed by atoms with E-state index in [0.717, 1.165) is 5.57 Å². The van der Waals surface area contributed by atoms with Crippen LogP contribution in [0, 0.1) is 5.41 Å². The molecule has 0 aromatic rings. The van der Waals surface area contributed by atoms with Crippen LogP contribution in [0.25, 0.3) is 0 Å². The Hall–Kier alpha value is -1.84. The fourth-order valence-corrected chi connectivity index (χ4v) is 2.51. The first-order valence-corrected chi connectivity index (χ1v) is 5.32. The molecule has 0 aliphatic heterocycles. The van der Waals surface area contributed by atoms with Gasteiger partial charge in [-0.3, -0.25) is 9.59 Å². The Morgan fingerprint density at radius 2 is 1.59 bits per heavy atom. The molecule has 0 N–H and O–H groups in total. The smallest absolute Gasteiger partial charge is 0.185 e. The van der Waals surface area contributed by atoms with Crippen molar-refractivity contribution in [2.24, 2.45) is 5.41 Å². The summed E-state index contributed by atoms with van der Waals surface area (Å²) in [4.78, 5) is 23.1. The van der Waals surface area contributed by atoms with E-state index in [1.807, 2.05) is 6.92 Å². The predicted octanol–water partition coefficient (Wildman–Crippen LogP) is 1.54. The summed E-state index contributed by atoms with van der Waals surface area (Å²) in [6.07, 6.45) is 4.66. The van der Waals surface area contributed by atoms with Crippen molar-refractivity contribution in [3.05, 3.63) is 35.3 Å². The highest BCUT2D eigenvalue weighted by Gasteiger charge is 2.49. The molecule has 90 valence electrons. The summed E-state index contributed by atoms with van der Waals surface area (Å²) < 4.78 is 10.6. The SMILES string of the molecule is COC1=CC(=O)C=C(OC)C12CC(=O)C=C2C. The van der Waals surface area contributed by atoms with Crippen LogP contribution in [0.5, 0.6) is 0 Å². The Kier molecular flexibility index (Phi) is 2.65. The van der Waals surface area contributed by atoms with Gasteiger partial charge in [-0.1, -0.05) is 0 Å². The zero-order valence-corrected chi connectivity index (χ0v) is 10.1. The Morgan fingerprint density at radius 3 is 1.94 bits per heavy atom. The number of methoxy groups -OCH3 is 2. The fraction of sp³-hybridized carbons (Fsp3) is 0.385. The molecule has 0 saturated carbocycles. The van der Waals surface area contributed by atoms with Gasteiger partial charge in [0, 0.05) is 18.6 Å². The van der Waals surface area contributed by atoms with Crippen LogP contribution in [0.15, 0.2) is 35.3 Å². The second-order valence-electron chi connectivity index (χ2n) is 4.20. The van der Waals surface area contributed by atoms with Gasteiger partial charge in [-0.05, 0) is 18.6 Å². The van der Waals surface area contributed by atoms with E-state index in [0.29, 0.717) is 11.5 Å². The lowest BCUT2D eigenvalue weighted by Crippen LogP contribution is -2.31. The van der Waals surface area contributed by atoms with E-state index in [-0.39, 0.29) is 18.0 Å². The summed E-state index contributed by atoms with van der Waals surface area (Å²) in [7, 11) is 2.99. The number of ketones is 2. The lowest BCUT2D eigenvalue weighted by atomic mass is 9.74. The topological polar surface area (TPSA) is 52.6 Å². The van der Waals surface area contributed by atoms with Crippen molar-refractivity contribution in [1.82, 2.24) is 0 Å². The summed E-state index contributed by atoms with van der Waals surface area (Å²) in [6, 6.07) is 0. The average molecular weight is 234 g/mol. The van der Waals surface area contributed by atoms with Crippen LogP contribution in [-0.2, 0) is 19.1 Å². The van der Waals surface area contributed by atoms with Crippen LogP contribution < -0.4 is 0 Å². The van der Waals surface area contributed by atoms with Gasteiger partial charge in [0.1, 0.15) is 16.9 Å². The van der Waals surface area contributed by atoms with Crippen molar-refractivity contribution in [2.45, 2.75) is 13.3 Å². The second kappa shape index (κ2) is 3.87. The normalized spacial score (nSPS) is 22.2. The zero-order chi connectivity index (χ0) is 12.6. The Bertz CT molecular complexity index is 456. The number of hydrogen-bond acceptors (Lipinski definition) is 4. The lowest BCUT2D eigenvalue weighted by molar-refractivity contribution is -0.116. The molecule has 4 heteroatoms. The van der Waals surface area contributed by atoms with Crippen LogP contribution in [0.3, 0.4) is 0 Å². The molecule has 0 saturated heterocycles. The molecular weight excluding hydrogens is 220 g/mol. The van der Waals surface area contributed by atoms with Crippen molar-refractivity contribution in [3.8, 4) is 0 Å². The first-order chi connectivity index (χ1) is 8.04. The molecule has 2 rings (SSSR count). The van der Waals surface area contributed by atoms with Gasteiger partial charge < -0.3 is 9.47 Å². The molecule has 0 fully saturated rings. The van der Waals surface area contributed by atoms with E-state index in [1.165, 1.54) is 26.4 Å². The molecule has 2 aliphatic carbocycles. The maximum absolute atomic E-state index is 11.6. The van der Waals surface area contributed by atoms with E-state index >= 15 is 0 Å². The summed E-state index contributed by atoms with van der Waals surface area (Å²) in [5, 5.41) is 0. The van der Waals surface area contributed by atoms with Crippen molar-refractivity contribution in [3.63, 3.8) is 0 Å². The molecule has 0 amide bonds. The monoisotopic (exact) mass is 234 g/mol. The molecule has 0 aromatic carbocycles. The number of carbonyl (C=O) groups is 2. The molecule has 0 radical (unpaired) electrons. The van der Waals surface area contributed by atoms with E-state index in [4.69, 9.17) is 9.47 Å². The highest BCUT2D eigenvalue weighted by atomic mass is 16.5. The van der Waals surface area contributed by atoms with E-state index < -0.39 is 5.41 Å². The van der Waals surface area contributed by atoms with E-state index in [9.17, 15) is 9.59 Å². The first-order valence-electron chi connectivity index (χ1n) is 5.32. The number of ether oxygens (including phenoxy) is 2.